The van der Waals surface area contributed by atoms with Crippen molar-refractivity contribution < 1.29 is 42.1 Å². The van der Waals surface area contributed by atoms with Gasteiger partial charge in [0, 0.05) is 64.0 Å². The van der Waals surface area contributed by atoms with Crippen LogP contribution in [0.1, 0.15) is 90.6 Å². The molecule has 20 heteroatoms. The Morgan fingerprint density at radius 2 is 1.94 bits per heavy atom. The predicted octanol–water partition coefficient (Wildman–Crippen LogP) is 3.93. The number of aromatic nitrogens is 7. The van der Waals surface area contributed by atoms with Gasteiger partial charge in [-0.25, -0.2) is 22.7 Å². The first-order valence-electron chi connectivity index (χ1n) is 21.8. The zero-order chi connectivity index (χ0) is 44.5. The first kappa shape index (κ1) is 43.4. The van der Waals surface area contributed by atoms with E-state index in [-0.39, 0.29) is 67.0 Å². The summed E-state index contributed by atoms with van der Waals surface area (Å²) >= 11 is 0. The minimum Gasteiger partial charge on any atom is -0.394 e. The molecule has 4 aliphatic rings. The number of likely N-dealkylation sites (tertiary alicyclic amines) is 1. The van der Waals surface area contributed by atoms with Crippen LogP contribution in [-0.4, -0.2) is 133 Å². The summed E-state index contributed by atoms with van der Waals surface area (Å²) in [6, 6.07) is 7.22. The van der Waals surface area contributed by atoms with E-state index in [1.54, 1.807) is 24.0 Å². The van der Waals surface area contributed by atoms with Crippen LogP contribution >= 0.6 is 0 Å². The van der Waals surface area contributed by atoms with E-state index in [0.717, 1.165) is 30.3 Å². The molecular weight excluding hydrogens is 836 g/mol. The van der Waals surface area contributed by atoms with Gasteiger partial charge in [-0.3, -0.25) is 34.0 Å². The van der Waals surface area contributed by atoms with Crippen LogP contribution in [-0.2, 0) is 26.1 Å². The van der Waals surface area contributed by atoms with Crippen LogP contribution in [0.4, 0.5) is 24.7 Å². The molecule has 9 rings (SSSR count). The van der Waals surface area contributed by atoms with E-state index in [4.69, 9.17) is 9.47 Å². The number of fused-ring (bicyclic) bond motifs is 2. The van der Waals surface area contributed by atoms with Crippen LogP contribution in [0.25, 0.3) is 16.6 Å². The number of para-hydroxylation sites is 1. The Labute approximate surface area is 366 Å². The molecule has 0 bridgehead atoms. The van der Waals surface area contributed by atoms with Crippen LogP contribution in [0.5, 0.6) is 0 Å². The number of morpholine rings is 1. The minimum atomic E-state index is -2.92. The number of carbonyl (C=O) groups excluding carboxylic acids is 3. The van der Waals surface area contributed by atoms with Gasteiger partial charge < -0.3 is 24.8 Å². The summed E-state index contributed by atoms with van der Waals surface area (Å²) in [6.07, 6.45) is 3.64. The smallest absolute Gasteiger partial charge is 0.284 e. The number of amides is 3. The number of benzene rings is 1. The lowest BCUT2D eigenvalue weighted by Gasteiger charge is -2.38. The number of nitrogens with one attached hydrogen (secondary N) is 2. The third-order valence-corrected chi connectivity index (χ3v) is 12.8. The zero-order valence-electron chi connectivity index (χ0n) is 35.3. The molecule has 4 fully saturated rings. The van der Waals surface area contributed by atoms with Gasteiger partial charge in [-0.15, -0.1) is 0 Å². The standard InChI is InChI=1S/C44H50F3N11O6/c1-54-40-27(4-2-6-30(40)38(52-54)31-11-12-37(60)51-43(31)61)5-3-18-64-35-13-15-55(23-33(35)45)21-26-7-9-28(10-8-26)58-24-34(39(53-58)41(46)47)49-44(62)32-20-48-57-16-14-36(50-42(32)57)56-17-19-63-29(22-56)25-59/h2,4,6,14,16,20,24,26,28-29,31,33,35,41,59H,7-13,15,17-19,21-23,25H2,1H3,(H,49,62)(H,51,60,61)/t26?,28?,29-,31?,33+,35-/m0/s1. The molecule has 3 saturated heterocycles. The fraction of sp³-hybridized carbons (Fsp3) is 0.523. The van der Waals surface area contributed by atoms with Crippen molar-refractivity contribution in [1.29, 1.82) is 0 Å². The predicted molar refractivity (Wildman–Crippen MR) is 227 cm³/mol. The van der Waals surface area contributed by atoms with Crippen molar-refractivity contribution in [2.24, 2.45) is 13.0 Å². The van der Waals surface area contributed by atoms with Crippen LogP contribution in [0, 0.1) is 17.8 Å². The van der Waals surface area contributed by atoms with Gasteiger partial charge in [0.1, 0.15) is 24.2 Å². The molecule has 17 nitrogen and oxygen atoms in total. The van der Waals surface area contributed by atoms with Crippen molar-refractivity contribution in [3.05, 3.63) is 65.4 Å². The molecule has 4 aromatic heterocycles. The molecule has 3 aliphatic heterocycles. The maximum absolute atomic E-state index is 15.5. The summed E-state index contributed by atoms with van der Waals surface area (Å²) < 4.78 is 60.2. The average molecular weight is 886 g/mol. The third kappa shape index (κ3) is 9.07. The molecule has 1 aliphatic carbocycles. The van der Waals surface area contributed by atoms with E-state index in [2.05, 4.69) is 47.7 Å². The first-order valence-corrected chi connectivity index (χ1v) is 21.8. The lowest BCUT2D eigenvalue weighted by atomic mass is 9.85. The monoisotopic (exact) mass is 885 g/mol. The molecule has 1 saturated carbocycles. The topological polar surface area (TPSA) is 186 Å². The van der Waals surface area contributed by atoms with Crippen molar-refractivity contribution >= 4 is 45.8 Å². The van der Waals surface area contributed by atoms with E-state index in [1.165, 1.54) is 21.6 Å². The molecule has 0 radical (unpaired) electrons. The van der Waals surface area contributed by atoms with Gasteiger partial charge >= 0.3 is 0 Å². The van der Waals surface area contributed by atoms with Gasteiger partial charge in [0.15, 0.2) is 11.3 Å². The molecule has 3 amide bonds. The fourth-order valence-corrected chi connectivity index (χ4v) is 9.49. The quantitative estimate of drug-likeness (QED) is 0.129. The van der Waals surface area contributed by atoms with Crippen molar-refractivity contribution in [1.82, 2.24) is 44.4 Å². The number of carbonyl (C=O) groups is 3. The number of nitrogens with zero attached hydrogens (tertiary/aromatic N) is 9. The summed E-state index contributed by atoms with van der Waals surface area (Å²) in [5.41, 5.74) is 1.87. The average Bonchev–Trinajstić information content (AvgIpc) is 4.01. The lowest BCUT2D eigenvalue weighted by molar-refractivity contribution is -0.134. The number of anilines is 2. The van der Waals surface area contributed by atoms with E-state index < -0.39 is 36.2 Å². The number of hydrogen-bond donors (Lipinski definition) is 3. The molecule has 1 unspecified atom stereocenters. The van der Waals surface area contributed by atoms with E-state index in [9.17, 15) is 28.3 Å². The number of piperidine rings is 2. The highest BCUT2D eigenvalue weighted by molar-refractivity contribution is 6.08. The number of rotatable bonds is 11. The van der Waals surface area contributed by atoms with Crippen molar-refractivity contribution in [2.75, 3.05) is 62.8 Å². The summed E-state index contributed by atoms with van der Waals surface area (Å²) in [5.74, 6) is 5.25. The maximum atomic E-state index is 15.5. The first-order chi connectivity index (χ1) is 31.0. The van der Waals surface area contributed by atoms with Crippen molar-refractivity contribution in [3.63, 3.8) is 0 Å². The van der Waals surface area contributed by atoms with Crippen molar-refractivity contribution in [3.8, 4) is 11.8 Å². The minimum absolute atomic E-state index is 0.0522. The normalized spacial score (nSPS) is 24.6. The number of aliphatic hydroxyl groups excluding tert-OH is 1. The summed E-state index contributed by atoms with van der Waals surface area (Å²) in [5, 5.41) is 28.5. The van der Waals surface area contributed by atoms with Gasteiger partial charge in [-0.2, -0.15) is 15.3 Å². The van der Waals surface area contributed by atoms with Crippen LogP contribution in [0.2, 0.25) is 0 Å². The van der Waals surface area contributed by atoms with E-state index >= 15 is 4.39 Å². The highest BCUT2D eigenvalue weighted by atomic mass is 19.3. The number of halogens is 3. The Bertz CT molecular complexity index is 2590. The Kier molecular flexibility index (Phi) is 12.7. The summed E-state index contributed by atoms with van der Waals surface area (Å²) in [4.78, 5) is 46.5. The number of aliphatic hydroxyl groups is 1. The van der Waals surface area contributed by atoms with Gasteiger partial charge in [0.05, 0.1) is 66.0 Å². The lowest BCUT2D eigenvalue weighted by Crippen LogP contribution is -2.47. The zero-order valence-corrected chi connectivity index (χ0v) is 35.3. The number of aryl methyl sites for hydroxylation is 1. The third-order valence-electron chi connectivity index (χ3n) is 12.8. The largest absolute Gasteiger partial charge is 0.394 e. The number of alkyl halides is 3. The van der Waals surface area contributed by atoms with Gasteiger partial charge in [-0.1, -0.05) is 24.0 Å². The van der Waals surface area contributed by atoms with Crippen LogP contribution < -0.4 is 15.5 Å². The molecule has 0 spiro atoms. The van der Waals surface area contributed by atoms with Gasteiger partial charge in [0.2, 0.25) is 11.8 Å². The van der Waals surface area contributed by atoms with Crippen LogP contribution in [0.15, 0.2) is 42.9 Å². The van der Waals surface area contributed by atoms with Gasteiger partial charge in [-0.05, 0) is 56.6 Å². The molecule has 4 atom stereocenters. The molecule has 1 aromatic carbocycles. The SMILES string of the molecule is Cn1nc(C2CCC(=O)NC2=O)c2cccc(C#CCO[C@H]3CCN(CC4CCC(n5cc(NC(=O)c6cnn7ccc(N8CCO[C@H](CO)C8)nc67)c(C(F)F)n5)CC4)C[C@H]3F)c21. The second kappa shape index (κ2) is 18.7. The molecule has 64 heavy (non-hydrogen) atoms. The number of hydrogen-bond acceptors (Lipinski definition) is 12. The number of ether oxygens (including phenoxy) is 2. The number of imide groups is 1. The molecular formula is C44H50F3N11O6. The summed E-state index contributed by atoms with van der Waals surface area (Å²) in [7, 11) is 1.79. The van der Waals surface area contributed by atoms with E-state index in [1.807, 2.05) is 23.1 Å². The molecule has 5 aromatic rings. The molecule has 3 N–H and O–H groups in total. The highest BCUT2D eigenvalue weighted by Gasteiger charge is 2.34. The molecule has 338 valence electrons. The summed E-state index contributed by atoms with van der Waals surface area (Å²) in [6.45, 7) is 2.95. The molecule has 7 heterocycles. The second-order valence-electron chi connectivity index (χ2n) is 17.0. The second-order valence-corrected chi connectivity index (χ2v) is 17.0. The Hall–Kier alpha value is -5.88. The Morgan fingerprint density at radius 3 is 2.72 bits per heavy atom. The Balaban J connectivity index is 0.756. The van der Waals surface area contributed by atoms with Crippen molar-refractivity contribution in [2.45, 2.75) is 81.7 Å². The highest BCUT2D eigenvalue weighted by Crippen LogP contribution is 2.36. The maximum Gasteiger partial charge on any atom is 0.284 e. The Morgan fingerprint density at radius 1 is 1.09 bits per heavy atom. The van der Waals surface area contributed by atoms with Crippen LogP contribution in [0.3, 0.4) is 0 Å². The van der Waals surface area contributed by atoms with E-state index in [0.29, 0.717) is 74.9 Å². The van der Waals surface area contributed by atoms with Gasteiger partial charge in [0.25, 0.3) is 12.3 Å². The fourth-order valence-electron chi connectivity index (χ4n) is 9.49.